The second-order valence-corrected chi connectivity index (χ2v) is 8.05. The zero-order valence-electron chi connectivity index (χ0n) is 14.4. The van der Waals surface area contributed by atoms with E-state index >= 15 is 0 Å². The zero-order chi connectivity index (χ0) is 18.1. The Morgan fingerprint density at radius 2 is 1.96 bits per heavy atom. The number of hydrogen-bond donors (Lipinski definition) is 3. The highest BCUT2D eigenvalue weighted by atomic mass is 32.2. The molecule has 3 N–H and O–H groups in total. The number of aromatic nitrogens is 3. The average Bonchev–Trinajstić information content (AvgIpc) is 3.34. The fraction of sp³-hybridized carbons (Fsp3) is 0.294. The first-order valence-electron chi connectivity index (χ1n) is 8.46. The van der Waals surface area contributed by atoms with Gasteiger partial charge in [-0.3, -0.25) is 0 Å². The number of aromatic amines is 1. The Morgan fingerprint density at radius 1 is 1.15 bits per heavy atom. The van der Waals surface area contributed by atoms with Gasteiger partial charge in [0, 0.05) is 19.3 Å². The van der Waals surface area contributed by atoms with E-state index in [1.54, 1.807) is 18.3 Å². The van der Waals surface area contributed by atoms with Crippen LogP contribution >= 0.6 is 0 Å². The molecule has 0 spiro atoms. The lowest BCUT2D eigenvalue weighted by Crippen LogP contribution is -2.21. The molecule has 4 rings (SSSR count). The van der Waals surface area contributed by atoms with Crippen LogP contribution in [0.1, 0.15) is 12.8 Å². The molecule has 3 aromatic rings. The molecule has 0 unspecified atom stereocenters. The number of sulfonamides is 1. The molecule has 136 valence electrons. The standard InChI is InChI=1S/C17H20N6O2S/c1-18-26(24,25)12-4-5-15(23-8-2-3-9-23)14(10-12)22-17-13-6-7-19-16(13)20-11-21-17/h4-7,10-11,18H,2-3,8-9H2,1H3,(H2,19,20,21,22). The van der Waals surface area contributed by atoms with Crippen LogP contribution < -0.4 is 14.9 Å². The molecule has 0 radical (unpaired) electrons. The maximum absolute atomic E-state index is 12.2. The molecule has 26 heavy (non-hydrogen) atoms. The Bertz CT molecular complexity index is 1040. The Balaban J connectivity index is 1.81. The van der Waals surface area contributed by atoms with Crippen LogP contribution in [0.3, 0.4) is 0 Å². The molecule has 1 saturated heterocycles. The Kier molecular flexibility index (Phi) is 4.25. The highest BCUT2D eigenvalue weighted by Gasteiger charge is 2.20. The molecule has 8 nitrogen and oxygen atoms in total. The number of rotatable bonds is 5. The average molecular weight is 372 g/mol. The first-order valence-corrected chi connectivity index (χ1v) is 9.94. The summed E-state index contributed by atoms with van der Waals surface area (Å²) in [5.41, 5.74) is 2.41. The summed E-state index contributed by atoms with van der Waals surface area (Å²) >= 11 is 0. The molecule has 2 aromatic heterocycles. The molecule has 0 amide bonds. The number of H-pyrrole nitrogens is 1. The van der Waals surface area contributed by atoms with Crippen molar-refractivity contribution < 1.29 is 8.42 Å². The summed E-state index contributed by atoms with van der Waals surface area (Å²) in [4.78, 5) is 14.0. The van der Waals surface area contributed by atoms with Crippen molar-refractivity contribution >= 4 is 38.2 Å². The van der Waals surface area contributed by atoms with Crippen LogP contribution in [-0.4, -0.2) is 43.5 Å². The lowest BCUT2D eigenvalue weighted by Gasteiger charge is -2.22. The summed E-state index contributed by atoms with van der Waals surface area (Å²) in [5.74, 6) is 0.635. The zero-order valence-corrected chi connectivity index (χ0v) is 15.2. The monoisotopic (exact) mass is 372 g/mol. The number of benzene rings is 1. The third kappa shape index (κ3) is 2.99. The van der Waals surface area contributed by atoms with Crippen molar-refractivity contribution in [1.82, 2.24) is 19.7 Å². The summed E-state index contributed by atoms with van der Waals surface area (Å²) in [6.45, 7) is 1.91. The highest BCUT2D eigenvalue weighted by molar-refractivity contribution is 7.89. The summed E-state index contributed by atoms with van der Waals surface area (Å²) in [6.07, 6.45) is 5.54. The van der Waals surface area contributed by atoms with Gasteiger partial charge in [0.05, 0.1) is 21.7 Å². The van der Waals surface area contributed by atoms with Crippen LogP contribution in [0.2, 0.25) is 0 Å². The van der Waals surface area contributed by atoms with Gasteiger partial charge >= 0.3 is 0 Å². The van der Waals surface area contributed by atoms with Gasteiger partial charge in [0.1, 0.15) is 17.8 Å². The van der Waals surface area contributed by atoms with Crippen LogP contribution in [0, 0.1) is 0 Å². The summed E-state index contributed by atoms with van der Waals surface area (Å²) in [6, 6.07) is 7.03. The Labute approximate surface area is 151 Å². The lowest BCUT2D eigenvalue weighted by molar-refractivity contribution is 0.588. The third-order valence-electron chi connectivity index (χ3n) is 4.60. The molecule has 1 aliphatic rings. The predicted molar refractivity (Wildman–Crippen MR) is 101 cm³/mol. The Morgan fingerprint density at radius 3 is 2.73 bits per heavy atom. The predicted octanol–water partition coefficient (Wildman–Crippen LogP) is 2.21. The van der Waals surface area contributed by atoms with Crippen molar-refractivity contribution in [2.45, 2.75) is 17.7 Å². The second-order valence-electron chi connectivity index (χ2n) is 6.17. The molecule has 1 aromatic carbocycles. The van der Waals surface area contributed by atoms with E-state index in [2.05, 4.69) is 29.9 Å². The molecule has 1 aliphatic heterocycles. The quantitative estimate of drug-likeness (QED) is 0.634. The van der Waals surface area contributed by atoms with Gasteiger partial charge in [0.15, 0.2) is 0 Å². The van der Waals surface area contributed by atoms with Gasteiger partial charge < -0.3 is 15.2 Å². The third-order valence-corrected chi connectivity index (χ3v) is 6.01. The normalized spacial score (nSPS) is 14.9. The highest BCUT2D eigenvalue weighted by Crippen LogP contribution is 2.34. The van der Waals surface area contributed by atoms with E-state index < -0.39 is 10.0 Å². The summed E-state index contributed by atoms with van der Waals surface area (Å²) in [7, 11) is -2.13. The van der Waals surface area contributed by atoms with Crippen LogP contribution in [0.25, 0.3) is 11.0 Å². The molecule has 1 fully saturated rings. The summed E-state index contributed by atoms with van der Waals surface area (Å²) in [5, 5.41) is 4.16. The maximum Gasteiger partial charge on any atom is 0.240 e. The fourth-order valence-corrected chi connectivity index (χ4v) is 3.99. The lowest BCUT2D eigenvalue weighted by atomic mass is 10.2. The van der Waals surface area contributed by atoms with Crippen LogP contribution in [0.4, 0.5) is 17.2 Å². The van der Waals surface area contributed by atoms with Gasteiger partial charge in [-0.1, -0.05) is 0 Å². The van der Waals surface area contributed by atoms with E-state index in [1.807, 2.05) is 12.1 Å². The van der Waals surface area contributed by atoms with Gasteiger partial charge in [0.25, 0.3) is 0 Å². The van der Waals surface area contributed by atoms with Gasteiger partial charge in [-0.25, -0.2) is 23.1 Å². The smallest absolute Gasteiger partial charge is 0.240 e. The molecular formula is C17H20N6O2S. The number of hydrogen-bond acceptors (Lipinski definition) is 6. The van der Waals surface area contributed by atoms with Gasteiger partial charge in [-0.05, 0) is 44.2 Å². The van der Waals surface area contributed by atoms with Crippen molar-refractivity contribution in [2.75, 3.05) is 30.4 Å². The second kappa shape index (κ2) is 6.58. The number of anilines is 3. The fourth-order valence-electron chi connectivity index (χ4n) is 3.23. The van der Waals surface area contributed by atoms with Crippen LogP contribution in [0.5, 0.6) is 0 Å². The first kappa shape index (κ1) is 16.8. The molecule has 3 heterocycles. The van der Waals surface area contributed by atoms with Gasteiger partial charge in [-0.15, -0.1) is 0 Å². The number of nitrogens with zero attached hydrogens (tertiary/aromatic N) is 3. The topological polar surface area (TPSA) is 103 Å². The first-order chi connectivity index (χ1) is 12.6. The molecule has 0 saturated carbocycles. The van der Waals surface area contributed by atoms with E-state index in [0.29, 0.717) is 11.5 Å². The van der Waals surface area contributed by atoms with Gasteiger partial charge in [-0.2, -0.15) is 0 Å². The van der Waals surface area contributed by atoms with E-state index in [4.69, 9.17) is 0 Å². The Hall–Kier alpha value is -2.65. The molecule has 0 atom stereocenters. The minimum atomic E-state index is -3.53. The van der Waals surface area contributed by atoms with Crippen LogP contribution in [-0.2, 0) is 10.0 Å². The SMILES string of the molecule is CNS(=O)(=O)c1ccc(N2CCCC2)c(Nc2ncnc3[nH]ccc23)c1. The minimum Gasteiger partial charge on any atom is -0.370 e. The molecule has 9 heteroatoms. The van der Waals surface area contributed by atoms with E-state index in [-0.39, 0.29) is 4.90 Å². The van der Waals surface area contributed by atoms with Crippen molar-refractivity contribution in [3.05, 3.63) is 36.8 Å². The molecule has 0 bridgehead atoms. The van der Waals surface area contributed by atoms with E-state index in [0.717, 1.165) is 42.7 Å². The number of fused-ring (bicyclic) bond motifs is 1. The largest absolute Gasteiger partial charge is 0.370 e. The van der Waals surface area contributed by atoms with Crippen molar-refractivity contribution in [3.8, 4) is 0 Å². The van der Waals surface area contributed by atoms with Gasteiger partial charge in [0.2, 0.25) is 10.0 Å². The summed E-state index contributed by atoms with van der Waals surface area (Å²) < 4.78 is 26.8. The molecule has 0 aliphatic carbocycles. The van der Waals surface area contributed by atoms with Crippen LogP contribution in [0.15, 0.2) is 41.7 Å². The van der Waals surface area contributed by atoms with E-state index in [1.165, 1.54) is 13.4 Å². The van der Waals surface area contributed by atoms with Crippen molar-refractivity contribution in [2.24, 2.45) is 0 Å². The minimum absolute atomic E-state index is 0.213. The number of nitrogens with one attached hydrogen (secondary N) is 3. The van der Waals surface area contributed by atoms with E-state index in [9.17, 15) is 8.42 Å². The molecular weight excluding hydrogens is 352 g/mol. The maximum atomic E-state index is 12.2. The van der Waals surface area contributed by atoms with Crippen molar-refractivity contribution in [3.63, 3.8) is 0 Å². The van der Waals surface area contributed by atoms with Crippen molar-refractivity contribution in [1.29, 1.82) is 0 Å².